The van der Waals surface area contributed by atoms with E-state index in [0.717, 1.165) is 11.8 Å². The van der Waals surface area contributed by atoms with Gasteiger partial charge in [-0.15, -0.1) is 0 Å². The quantitative estimate of drug-likeness (QED) is 0.475. The standard InChI is InChI=1S/C6H12.CH4/c1-3-6-4-5(6)2;/h5-6H,3-4H2,1-2H3;1H4. The van der Waals surface area contributed by atoms with E-state index < -0.39 is 0 Å². The van der Waals surface area contributed by atoms with Gasteiger partial charge in [-0.25, -0.2) is 0 Å². The average Bonchev–Trinajstić information content (AvgIpc) is 2.19. The van der Waals surface area contributed by atoms with Gasteiger partial charge in [-0.2, -0.15) is 0 Å². The highest BCUT2D eigenvalue weighted by molar-refractivity contribution is 4.80. The van der Waals surface area contributed by atoms with Crippen LogP contribution in [0.5, 0.6) is 0 Å². The van der Waals surface area contributed by atoms with E-state index in [1.54, 1.807) is 0 Å². The molecule has 0 bridgehead atoms. The molecule has 0 radical (unpaired) electrons. The molecule has 0 heterocycles. The first-order valence-corrected chi connectivity index (χ1v) is 2.84. The molecular formula is C7H16. The van der Waals surface area contributed by atoms with Crippen LogP contribution in [-0.2, 0) is 0 Å². The van der Waals surface area contributed by atoms with Crippen molar-refractivity contribution in [2.45, 2.75) is 34.1 Å². The molecule has 2 unspecified atom stereocenters. The minimum Gasteiger partial charge on any atom is -0.0776 e. The van der Waals surface area contributed by atoms with Crippen LogP contribution in [0.4, 0.5) is 0 Å². The zero-order chi connectivity index (χ0) is 4.57. The van der Waals surface area contributed by atoms with E-state index in [1.807, 2.05) is 0 Å². The van der Waals surface area contributed by atoms with Crippen LogP contribution in [0.3, 0.4) is 0 Å². The fraction of sp³-hybridized carbons (Fsp3) is 1.00. The summed E-state index contributed by atoms with van der Waals surface area (Å²) in [6.07, 6.45) is 2.90. The van der Waals surface area contributed by atoms with Gasteiger partial charge in [0.05, 0.1) is 0 Å². The lowest BCUT2D eigenvalue weighted by Crippen LogP contribution is -1.68. The van der Waals surface area contributed by atoms with Crippen LogP contribution in [0, 0.1) is 11.8 Å². The largest absolute Gasteiger partial charge is 0.0776 e. The SMILES string of the molecule is C.CCC1CC1C. The Balaban J connectivity index is 0.000000360. The zero-order valence-electron chi connectivity index (χ0n) is 4.57. The van der Waals surface area contributed by atoms with Gasteiger partial charge >= 0.3 is 0 Å². The summed E-state index contributed by atoms with van der Waals surface area (Å²) in [7, 11) is 0. The molecule has 0 spiro atoms. The van der Waals surface area contributed by atoms with E-state index in [2.05, 4.69) is 13.8 Å². The predicted molar refractivity (Wildman–Crippen MR) is 34.3 cm³/mol. The van der Waals surface area contributed by atoms with E-state index in [4.69, 9.17) is 0 Å². The van der Waals surface area contributed by atoms with Gasteiger partial charge in [0.2, 0.25) is 0 Å². The molecule has 0 saturated heterocycles. The third kappa shape index (κ3) is 1.50. The Morgan fingerprint density at radius 1 is 1.57 bits per heavy atom. The molecule has 0 amide bonds. The fourth-order valence-electron chi connectivity index (χ4n) is 0.968. The third-order valence-corrected chi connectivity index (χ3v) is 1.80. The van der Waals surface area contributed by atoms with Gasteiger partial charge in [0, 0.05) is 0 Å². The van der Waals surface area contributed by atoms with Crippen LogP contribution >= 0.6 is 0 Å². The minimum absolute atomic E-state index is 0. The smallest absolute Gasteiger partial charge is 0.0388 e. The first-order chi connectivity index (χ1) is 2.84. The van der Waals surface area contributed by atoms with Gasteiger partial charge in [0.25, 0.3) is 0 Å². The summed E-state index contributed by atoms with van der Waals surface area (Å²) in [5.41, 5.74) is 0. The van der Waals surface area contributed by atoms with E-state index in [9.17, 15) is 0 Å². The Bertz CT molecular complexity index is 46.0. The third-order valence-electron chi connectivity index (χ3n) is 1.80. The molecule has 0 heteroatoms. The highest BCUT2D eigenvalue weighted by Crippen LogP contribution is 2.39. The van der Waals surface area contributed by atoms with Gasteiger partial charge in [-0.1, -0.05) is 27.7 Å². The van der Waals surface area contributed by atoms with Crippen LogP contribution in [0.25, 0.3) is 0 Å². The summed E-state index contributed by atoms with van der Waals surface area (Å²) in [6.45, 7) is 4.60. The Morgan fingerprint density at radius 3 is 2.00 bits per heavy atom. The summed E-state index contributed by atoms with van der Waals surface area (Å²) in [5, 5.41) is 0. The fourth-order valence-corrected chi connectivity index (χ4v) is 0.968. The molecular weight excluding hydrogens is 84.1 g/mol. The van der Waals surface area contributed by atoms with E-state index in [-0.39, 0.29) is 7.43 Å². The molecule has 1 fully saturated rings. The molecule has 0 nitrogen and oxygen atoms in total. The molecule has 0 N–H and O–H groups in total. The Morgan fingerprint density at radius 2 is 2.00 bits per heavy atom. The number of rotatable bonds is 1. The van der Waals surface area contributed by atoms with E-state index in [1.165, 1.54) is 12.8 Å². The monoisotopic (exact) mass is 100 g/mol. The number of hydrogen-bond acceptors (Lipinski definition) is 0. The second-order valence-electron chi connectivity index (χ2n) is 2.38. The van der Waals surface area contributed by atoms with Crippen molar-refractivity contribution in [3.63, 3.8) is 0 Å². The molecule has 0 aromatic heterocycles. The van der Waals surface area contributed by atoms with E-state index >= 15 is 0 Å². The molecule has 1 aliphatic carbocycles. The maximum Gasteiger partial charge on any atom is -0.0388 e. The van der Waals surface area contributed by atoms with Crippen molar-refractivity contribution in [3.05, 3.63) is 0 Å². The van der Waals surface area contributed by atoms with Gasteiger partial charge in [0.1, 0.15) is 0 Å². The van der Waals surface area contributed by atoms with Crippen LogP contribution in [0.15, 0.2) is 0 Å². The lowest BCUT2D eigenvalue weighted by molar-refractivity contribution is 0.724. The molecule has 0 aliphatic heterocycles. The zero-order valence-corrected chi connectivity index (χ0v) is 4.57. The lowest BCUT2D eigenvalue weighted by atomic mass is 10.3. The summed E-state index contributed by atoms with van der Waals surface area (Å²) in [4.78, 5) is 0. The van der Waals surface area contributed by atoms with Crippen molar-refractivity contribution in [2.24, 2.45) is 11.8 Å². The molecule has 44 valence electrons. The first-order valence-electron chi connectivity index (χ1n) is 2.84. The van der Waals surface area contributed by atoms with E-state index in [0.29, 0.717) is 0 Å². The molecule has 0 aromatic rings. The van der Waals surface area contributed by atoms with Crippen molar-refractivity contribution < 1.29 is 0 Å². The Labute approximate surface area is 46.9 Å². The summed E-state index contributed by atoms with van der Waals surface area (Å²) < 4.78 is 0. The predicted octanol–water partition coefficient (Wildman–Crippen LogP) is 2.69. The summed E-state index contributed by atoms with van der Waals surface area (Å²) in [6, 6.07) is 0. The summed E-state index contributed by atoms with van der Waals surface area (Å²) in [5.74, 6) is 2.17. The lowest BCUT2D eigenvalue weighted by Gasteiger charge is -1.79. The number of hydrogen-bond donors (Lipinski definition) is 0. The maximum absolute atomic E-state index is 2.33. The van der Waals surface area contributed by atoms with Crippen molar-refractivity contribution >= 4 is 0 Å². The van der Waals surface area contributed by atoms with Crippen LogP contribution in [0.1, 0.15) is 34.1 Å². The van der Waals surface area contributed by atoms with Gasteiger partial charge in [-0.3, -0.25) is 0 Å². The second kappa shape index (κ2) is 2.34. The highest BCUT2D eigenvalue weighted by atomic mass is 14.3. The molecule has 2 atom stereocenters. The van der Waals surface area contributed by atoms with Crippen LogP contribution in [0.2, 0.25) is 0 Å². The van der Waals surface area contributed by atoms with Gasteiger partial charge < -0.3 is 0 Å². The second-order valence-corrected chi connectivity index (χ2v) is 2.38. The molecule has 1 saturated carbocycles. The molecule has 1 aliphatic rings. The van der Waals surface area contributed by atoms with Crippen LogP contribution in [-0.4, -0.2) is 0 Å². The first kappa shape index (κ1) is 7.00. The topological polar surface area (TPSA) is 0 Å². The van der Waals surface area contributed by atoms with Gasteiger partial charge in [0.15, 0.2) is 0 Å². The Hall–Kier alpha value is 0. The molecule has 0 aromatic carbocycles. The van der Waals surface area contributed by atoms with Crippen molar-refractivity contribution in [1.82, 2.24) is 0 Å². The normalized spacial score (nSPS) is 36.9. The van der Waals surface area contributed by atoms with Crippen molar-refractivity contribution in [1.29, 1.82) is 0 Å². The van der Waals surface area contributed by atoms with Crippen molar-refractivity contribution in [3.8, 4) is 0 Å². The van der Waals surface area contributed by atoms with Crippen molar-refractivity contribution in [2.75, 3.05) is 0 Å². The van der Waals surface area contributed by atoms with Crippen LogP contribution < -0.4 is 0 Å². The molecule has 7 heavy (non-hydrogen) atoms. The minimum atomic E-state index is 0. The summed E-state index contributed by atoms with van der Waals surface area (Å²) >= 11 is 0. The highest BCUT2D eigenvalue weighted by Gasteiger charge is 2.29. The molecule has 1 rings (SSSR count). The maximum atomic E-state index is 2.33. The van der Waals surface area contributed by atoms with Gasteiger partial charge in [-0.05, 0) is 18.3 Å². The Kier molecular flexibility index (Phi) is 2.34. The average molecular weight is 100 g/mol.